The topological polar surface area (TPSA) is 138 Å². The fourth-order valence-corrected chi connectivity index (χ4v) is 6.23. The average Bonchev–Trinajstić information content (AvgIpc) is 3.67. The number of carbonyl (C=O) groups excluding carboxylic acids is 2. The van der Waals surface area contributed by atoms with Crippen molar-refractivity contribution in [3.63, 3.8) is 0 Å². The van der Waals surface area contributed by atoms with Gasteiger partial charge in [0.2, 0.25) is 0 Å². The van der Waals surface area contributed by atoms with Crippen LogP contribution in [0.2, 0.25) is 5.02 Å². The molecule has 15 heteroatoms. The quantitative estimate of drug-likeness (QED) is 0.272. The van der Waals surface area contributed by atoms with Crippen LogP contribution in [-0.4, -0.2) is 59.0 Å². The molecule has 1 saturated carbocycles. The molecule has 6 rings (SSSR count). The summed E-state index contributed by atoms with van der Waals surface area (Å²) in [5.41, 5.74) is 1.15. The van der Waals surface area contributed by atoms with Gasteiger partial charge < -0.3 is 15.5 Å². The molecule has 3 heterocycles. The van der Waals surface area contributed by atoms with Gasteiger partial charge in [0.15, 0.2) is 10.5 Å². The van der Waals surface area contributed by atoms with Crippen LogP contribution < -0.4 is 15.4 Å². The van der Waals surface area contributed by atoms with Gasteiger partial charge in [-0.2, -0.15) is 9.61 Å². The lowest BCUT2D eigenvalue weighted by molar-refractivity contribution is 0.0713. The Morgan fingerprint density at radius 1 is 0.953 bits per heavy atom. The second kappa shape index (κ2) is 11.4. The predicted molar refractivity (Wildman–Crippen MR) is 154 cm³/mol. The van der Waals surface area contributed by atoms with Crippen LogP contribution in [0.3, 0.4) is 0 Å². The number of fused-ring (bicyclic) bond motifs is 1. The van der Waals surface area contributed by atoms with E-state index in [4.69, 9.17) is 11.6 Å². The maximum atomic E-state index is 13.8. The first-order valence-corrected chi connectivity index (χ1v) is 15.4. The molecule has 1 aliphatic carbocycles. The molecule has 3 N–H and O–H groups in total. The van der Waals surface area contributed by atoms with E-state index in [1.54, 1.807) is 17.0 Å². The molecule has 0 unspecified atom stereocenters. The van der Waals surface area contributed by atoms with Crippen molar-refractivity contribution >= 4 is 50.7 Å². The van der Waals surface area contributed by atoms with E-state index >= 15 is 0 Å². The third-order valence-electron chi connectivity index (χ3n) is 7.46. The molecule has 224 valence electrons. The van der Waals surface area contributed by atoms with Crippen molar-refractivity contribution in [3.05, 3.63) is 82.6 Å². The molecule has 2 aromatic heterocycles. The van der Waals surface area contributed by atoms with Gasteiger partial charge in [-0.05, 0) is 67.5 Å². The fourth-order valence-electron chi connectivity index (χ4n) is 5.04. The van der Waals surface area contributed by atoms with Crippen LogP contribution in [-0.2, 0) is 10.0 Å². The number of amides is 3. The first-order chi connectivity index (χ1) is 20.6. The Hall–Kier alpha value is -4.30. The molecular weight excluding hydrogens is 604 g/mol. The zero-order valence-electron chi connectivity index (χ0n) is 22.6. The third-order valence-corrected chi connectivity index (χ3v) is 9.10. The van der Waals surface area contributed by atoms with Gasteiger partial charge in [0.05, 0.1) is 16.9 Å². The van der Waals surface area contributed by atoms with Crippen molar-refractivity contribution in [1.82, 2.24) is 29.5 Å². The lowest BCUT2D eigenvalue weighted by atomic mass is 9.89. The van der Waals surface area contributed by atoms with Gasteiger partial charge in [-0.25, -0.2) is 31.7 Å². The molecule has 43 heavy (non-hydrogen) atoms. The van der Waals surface area contributed by atoms with Crippen molar-refractivity contribution in [2.75, 3.05) is 18.4 Å². The van der Waals surface area contributed by atoms with Crippen molar-refractivity contribution in [3.8, 4) is 0 Å². The number of nitrogens with one attached hydrogen (secondary N) is 3. The van der Waals surface area contributed by atoms with E-state index in [2.05, 4.69) is 20.7 Å². The van der Waals surface area contributed by atoms with E-state index in [-0.39, 0.29) is 50.4 Å². The number of anilines is 2. The summed E-state index contributed by atoms with van der Waals surface area (Å²) in [7, 11) is -4.38. The smallest absolute Gasteiger partial charge is 0.328 e. The lowest BCUT2D eigenvalue weighted by Crippen LogP contribution is -2.40. The summed E-state index contributed by atoms with van der Waals surface area (Å²) in [4.78, 5) is 31.5. The Bertz CT molecular complexity index is 1820. The molecular formula is C28H26ClF2N7O4S. The Labute approximate surface area is 250 Å². The van der Waals surface area contributed by atoms with E-state index in [9.17, 15) is 26.8 Å². The molecule has 4 aromatic rings. The number of sulfonamides is 1. The van der Waals surface area contributed by atoms with Gasteiger partial charge in [-0.3, -0.25) is 4.79 Å². The second-order valence-electron chi connectivity index (χ2n) is 10.5. The first-order valence-electron chi connectivity index (χ1n) is 13.6. The van der Waals surface area contributed by atoms with Gasteiger partial charge in [0.25, 0.3) is 15.9 Å². The molecule has 2 fully saturated rings. The molecule has 0 radical (unpaired) electrons. The van der Waals surface area contributed by atoms with Crippen LogP contribution in [0.5, 0.6) is 0 Å². The SMILES string of the molecule is O=C(NC1CC1)NS(=O)(=O)c1cnn2c(Nc3ccc(F)cc3Cl)c(C(=O)N3CCC(c4ccc(F)cc4)CC3)cnc12. The highest BCUT2D eigenvalue weighted by Crippen LogP contribution is 2.32. The summed E-state index contributed by atoms with van der Waals surface area (Å²) in [5.74, 6) is -1.07. The molecule has 3 amide bonds. The highest BCUT2D eigenvalue weighted by molar-refractivity contribution is 7.90. The summed E-state index contributed by atoms with van der Waals surface area (Å²) in [5, 5.41) is 9.74. The standard InChI is InChI=1S/C28H26ClF2N7O4S/c29-22-13-19(31)5-8-23(22)35-25-21(27(39)37-11-9-17(10-12-37)16-1-3-18(30)4-2-16)14-32-26-24(15-33-38(25)26)43(41,42)36-28(40)34-20-6-7-20/h1-5,8,13-15,17,20,35H,6-7,9-12H2,(H2,34,36,40). The molecule has 11 nitrogen and oxygen atoms in total. The number of rotatable bonds is 7. The molecule has 0 atom stereocenters. The van der Waals surface area contributed by atoms with Crippen LogP contribution in [0, 0.1) is 11.6 Å². The maximum absolute atomic E-state index is 13.8. The van der Waals surface area contributed by atoms with Crippen molar-refractivity contribution in [2.45, 2.75) is 42.5 Å². The number of nitrogens with zero attached hydrogens (tertiary/aromatic N) is 4. The Kier molecular flexibility index (Phi) is 7.65. The molecule has 2 aliphatic rings. The van der Waals surface area contributed by atoms with E-state index in [1.807, 2.05) is 4.72 Å². The highest BCUT2D eigenvalue weighted by atomic mass is 35.5. The molecule has 0 bridgehead atoms. The molecule has 1 saturated heterocycles. The van der Waals surface area contributed by atoms with Crippen molar-refractivity contribution in [2.24, 2.45) is 0 Å². The van der Waals surface area contributed by atoms with Gasteiger partial charge in [0.1, 0.15) is 23.0 Å². The highest BCUT2D eigenvalue weighted by Gasteiger charge is 2.31. The van der Waals surface area contributed by atoms with E-state index in [1.165, 1.54) is 30.5 Å². The first kappa shape index (κ1) is 28.8. The average molecular weight is 630 g/mol. The summed E-state index contributed by atoms with van der Waals surface area (Å²) in [6, 6.07) is 9.03. The lowest BCUT2D eigenvalue weighted by Gasteiger charge is -2.32. The van der Waals surface area contributed by atoms with Crippen molar-refractivity contribution < 1.29 is 26.8 Å². The summed E-state index contributed by atoms with van der Waals surface area (Å²) < 4.78 is 56.4. The van der Waals surface area contributed by atoms with E-state index in [0.29, 0.717) is 25.9 Å². The summed E-state index contributed by atoms with van der Waals surface area (Å²) in [6.07, 6.45) is 5.10. The second-order valence-corrected chi connectivity index (χ2v) is 12.5. The van der Waals surface area contributed by atoms with Crippen LogP contribution in [0.25, 0.3) is 5.65 Å². The third kappa shape index (κ3) is 6.11. The Morgan fingerprint density at radius 3 is 2.33 bits per heavy atom. The number of hydrogen-bond donors (Lipinski definition) is 3. The number of urea groups is 1. The molecule has 0 spiro atoms. The van der Waals surface area contributed by atoms with E-state index < -0.39 is 27.8 Å². The Balaban J connectivity index is 1.32. The number of carbonyl (C=O) groups is 2. The number of benzene rings is 2. The van der Waals surface area contributed by atoms with Gasteiger partial charge >= 0.3 is 6.03 Å². The molecule has 2 aromatic carbocycles. The Morgan fingerprint density at radius 2 is 1.65 bits per heavy atom. The molecule has 1 aliphatic heterocycles. The summed E-state index contributed by atoms with van der Waals surface area (Å²) in [6.45, 7) is 0.822. The minimum absolute atomic E-state index is 0.0156. The minimum atomic E-state index is -4.38. The predicted octanol–water partition coefficient (Wildman–Crippen LogP) is 4.57. The largest absolute Gasteiger partial charge is 0.338 e. The zero-order valence-corrected chi connectivity index (χ0v) is 24.1. The van der Waals surface area contributed by atoms with E-state index in [0.717, 1.165) is 35.2 Å². The maximum Gasteiger partial charge on any atom is 0.328 e. The van der Waals surface area contributed by atoms with Gasteiger partial charge in [-0.1, -0.05) is 23.7 Å². The van der Waals surface area contributed by atoms with Crippen LogP contribution >= 0.6 is 11.6 Å². The van der Waals surface area contributed by atoms with Gasteiger partial charge in [0, 0.05) is 25.3 Å². The minimum Gasteiger partial charge on any atom is -0.338 e. The van der Waals surface area contributed by atoms with Crippen molar-refractivity contribution in [1.29, 1.82) is 0 Å². The van der Waals surface area contributed by atoms with Gasteiger partial charge in [-0.15, -0.1) is 0 Å². The van der Waals surface area contributed by atoms with Crippen LogP contribution in [0.4, 0.5) is 25.1 Å². The number of hydrogen-bond acceptors (Lipinski definition) is 7. The number of aromatic nitrogens is 3. The number of piperidine rings is 1. The summed E-state index contributed by atoms with van der Waals surface area (Å²) >= 11 is 6.26. The number of halogens is 3. The zero-order chi connectivity index (χ0) is 30.3. The van der Waals surface area contributed by atoms with Crippen LogP contribution in [0.15, 0.2) is 59.8 Å². The number of likely N-dealkylation sites (tertiary alicyclic amines) is 1. The normalized spacial score (nSPS) is 15.8. The monoisotopic (exact) mass is 629 g/mol. The fraction of sp³-hybridized carbons (Fsp3) is 0.286. The van der Waals surface area contributed by atoms with Crippen LogP contribution in [0.1, 0.15) is 47.5 Å².